The maximum Gasteiger partial charge on any atom is 0.258 e. The van der Waals surface area contributed by atoms with Gasteiger partial charge in [-0.15, -0.1) is 0 Å². The number of anilines is 1. The number of halogens is 1. The molecule has 36 heavy (non-hydrogen) atoms. The van der Waals surface area contributed by atoms with E-state index < -0.39 is 5.82 Å². The summed E-state index contributed by atoms with van der Waals surface area (Å²) in [6.45, 7) is 8.67. The standard InChI is InChI=1S/C28H32FN5O2/c1-20(2)32-13-4-14-34(28(36)22-9-11-30-12-10-22)26-8-7-25(29)17-24(26)19-33(16-15-32)27(35)23-6-5-21(3)31-18-23/h5-12,17-18,20H,4,13-16,19H2,1-3H3. The Labute approximate surface area is 211 Å². The monoisotopic (exact) mass is 489 g/mol. The van der Waals surface area contributed by atoms with Crippen LogP contribution in [0.2, 0.25) is 0 Å². The number of benzene rings is 1. The van der Waals surface area contributed by atoms with E-state index in [-0.39, 0.29) is 24.4 Å². The SMILES string of the molecule is Cc1ccc(C(=O)N2CCN(C(C)C)CCCN(C(=O)c3ccncc3)c3ccc(F)cc3C2)cn1. The minimum absolute atomic E-state index is 0.172. The van der Waals surface area contributed by atoms with Crippen LogP contribution in [0.3, 0.4) is 0 Å². The number of pyridine rings is 2. The van der Waals surface area contributed by atoms with E-state index in [0.717, 1.165) is 18.7 Å². The van der Waals surface area contributed by atoms with Gasteiger partial charge in [-0.1, -0.05) is 0 Å². The van der Waals surface area contributed by atoms with Crippen LogP contribution >= 0.6 is 0 Å². The number of carbonyl (C=O) groups is 2. The summed E-state index contributed by atoms with van der Waals surface area (Å²) in [5.74, 6) is -0.762. The molecule has 2 amide bonds. The van der Waals surface area contributed by atoms with Gasteiger partial charge in [-0.25, -0.2) is 4.39 Å². The van der Waals surface area contributed by atoms with Crippen LogP contribution in [0.25, 0.3) is 0 Å². The summed E-state index contributed by atoms with van der Waals surface area (Å²) >= 11 is 0. The summed E-state index contributed by atoms with van der Waals surface area (Å²) in [5.41, 5.74) is 3.01. The van der Waals surface area contributed by atoms with E-state index in [1.807, 2.05) is 13.0 Å². The number of aromatic nitrogens is 2. The van der Waals surface area contributed by atoms with Gasteiger partial charge in [0.2, 0.25) is 0 Å². The molecule has 8 heteroatoms. The first-order valence-corrected chi connectivity index (χ1v) is 12.3. The normalized spacial score (nSPS) is 15.4. The maximum atomic E-state index is 14.5. The third-order valence-corrected chi connectivity index (χ3v) is 6.53. The minimum Gasteiger partial charge on any atom is -0.333 e. The van der Waals surface area contributed by atoms with Gasteiger partial charge in [0.15, 0.2) is 0 Å². The number of amides is 2. The van der Waals surface area contributed by atoms with Crippen molar-refractivity contribution in [1.29, 1.82) is 0 Å². The summed E-state index contributed by atoms with van der Waals surface area (Å²) < 4.78 is 14.5. The van der Waals surface area contributed by atoms with Crippen LogP contribution in [0.15, 0.2) is 61.1 Å². The van der Waals surface area contributed by atoms with Crippen LogP contribution in [0.5, 0.6) is 0 Å². The fourth-order valence-corrected chi connectivity index (χ4v) is 4.47. The second-order valence-electron chi connectivity index (χ2n) is 9.36. The Bertz CT molecular complexity index is 1200. The van der Waals surface area contributed by atoms with Crippen LogP contribution in [0.1, 0.15) is 52.2 Å². The molecule has 0 spiro atoms. The van der Waals surface area contributed by atoms with E-state index in [1.54, 1.807) is 52.7 Å². The van der Waals surface area contributed by atoms with Gasteiger partial charge in [-0.05, 0) is 75.2 Å². The third kappa shape index (κ3) is 5.94. The van der Waals surface area contributed by atoms with Crippen LogP contribution in [0, 0.1) is 12.7 Å². The highest BCUT2D eigenvalue weighted by Gasteiger charge is 2.26. The number of nitrogens with zero attached hydrogens (tertiary/aromatic N) is 5. The molecule has 0 aliphatic carbocycles. The number of fused-ring (bicyclic) bond motifs is 1. The van der Waals surface area contributed by atoms with Gasteiger partial charge in [0.25, 0.3) is 11.8 Å². The summed E-state index contributed by atoms with van der Waals surface area (Å²) in [5, 5.41) is 0. The second kappa shape index (κ2) is 11.4. The Morgan fingerprint density at radius 2 is 1.69 bits per heavy atom. The molecule has 0 atom stereocenters. The van der Waals surface area contributed by atoms with E-state index in [0.29, 0.717) is 42.0 Å². The molecule has 3 heterocycles. The van der Waals surface area contributed by atoms with Crippen molar-refractivity contribution < 1.29 is 14.0 Å². The second-order valence-corrected chi connectivity index (χ2v) is 9.36. The molecule has 1 aliphatic heterocycles. The highest BCUT2D eigenvalue weighted by atomic mass is 19.1. The fraction of sp³-hybridized carbons (Fsp3) is 0.357. The average Bonchev–Trinajstić information content (AvgIpc) is 2.91. The number of hydrogen-bond acceptors (Lipinski definition) is 5. The van der Waals surface area contributed by atoms with Crippen LogP contribution in [0.4, 0.5) is 10.1 Å². The molecule has 3 aromatic rings. The summed E-state index contributed by atoms with van der Waals surface area (Å²) in [7, 11) is 0. The molecule has 0 fully saturated rings. The molecular formula is C28H32FN5O2. The molecule has 188 valence electrons. The quantitative estimate of drug-likeness (QED) is 0.548. The first kappa shape index (κ1) is 25.4. The lowest BCUT2D eigenvalue weighted by molar-refractivity contribution is 0.0711. The predicted molar refractivity (Wildman–Crippen MR) is 137 cm³/mol. The van der Waals surface area contributed by atoms with Gasteiger partial charge in [0, 0.05) is 74.3 Å². The van der Waals surface area contributed by atoms with E-state index >= 15 is 0 Å². The van der Waals surface area contributed by atoms with E-state index in [9.17, 15) is 14.0 Å². The van der Waals surface area contributed by atoms with Gasteiger partial charge in [0.05, 0.1) is 5.56 Å². The Kier molecular flexibility index (Phi) is 8.05. The van der Waals surface area contributed by atoms with Crippen molar-refractivity contribution >= 4 is 17.5 Å². The summed E-state index contributed by atoms with van der Waals surface area (Å²) in [6, 6.07) is 11.6. The topological polar surface area (TPSA) is 69.6 Å². The molecule has 0 radical (unpaired) electrons. The largest absolute Gasteiger partial charge is 0.333 e. The first-order valence-electron chi connectivity index (χ1n) is 12.3. The van der Waals surface area contributed by atoms with Crippen LogP contribution < -0.4 is 4.90 Å². The van der Waals surface area contributed by atoms with E-state index in [4.69, 9.17) is 0 Å². The Morgan fingerprint density at radius 3 is 2.39 bits per heavy atom. The molecule has 1 aromatic carbocycles. The van der Waals surface area contributed by atoms with Gasteiger partial charge < -0.3 is 9.80 Å². The maximum absolute atomic E-state index is 14.5. The third-order valence-electron chi connectivity index (χ3n) is 6.53. The molecule has 0 saturated carbocycles. The summed E-state index contributed by atoms with van der Waals surface area (Å²) in [6.07, 6.45) is 5.49. The zero-order valence-electron chi connectivity index (χ0n) is 21.0. The first-order chi connectivity index (χ1) is 17.3. The van der Waals surface area contributed by atoms with Gasteiger partial charge in [0.1, 0.15) is 5.82 Å². The van der Waals surface area contributed by atoms with Crippen molar-refractivity contribution in [3.05, 3.63) is 89.3 Å². The van der Waals surface area contributed by atoms with Crippen molar-refractivity contribution in [3.63, 3.8) is 0 Å². The lowest BCUT2D eigenvalue weighted by atomic mass is 10.1. The molecule has 1 aliphatic rings. The van der Waals surface area contributed by atoms with Crippen molar-refractivity contribution in [2.75, 3.05) is 31.1 Å². The van der Waals surface area contributed by atoms with Crippen molar-refractivity contribution in [2.24, 2.45) is 0 Å². The smallest absolute Gasteiger partial charge is 0.258 e. The Balaban J connectivity index is 1.76. The van der Waals surface area contributed by atoms with Crippen LogP contribution in [-0.4, -0.2) is 63.8 Å². The molecular weight excluding hydrogens is 457 g/mol. The Hall–Kier alpha value is -3.65. The average molecular weight is 490 g/mol. The predicted octanol–water partition coefficient (Wildman–Crippen LogP) is 4.33. The molecule has 7 nitrogen and oxygen atoms in total. The fourth-order valence-electron chi connectivity index (χ4n) is 4.47. The molecule has 4 rings (SSSR count). The van der Waals surface area contributed by atoms with E-state index in [1.165, 1.54) is 12.1 Å². The van der Waals surface area contributed by atoms with Crippen LogP contribution in [-0.2, 0) is 6.54 Å². The zero-order chi connectivity index (χ0) is 25.7. The van der Waals surface area contributed by atoms with Gasteiger partial charge >= 0.3 is 0 Å². The van der Waals surface area contributed by atoms with Crippen molar-refractivity contribution in [1.82, 2.24) is 19.8 Å². The zero-order valence-corrected chi connectivity index (χ0v) is 21.0. The molecule has 0 unspecified atom stereocenters. The highest BCUT2D eigenvalue weighted by Crippen LogP contribution is 2.27. The Morgan fingerprint density at radius 1 is 0.917 bits per heavy atom. The highest BCUT2D eigenvalue weighted by molar-refractivity contribution is 6.06. The number of rotatable bonds is 3. The molecule has 0 bridgehead atoms. The lowest BCUT2D eigenvalue weighted by Crippen LogP contribution is -2.41. The minimum atomic E-state index is -0.409. The lowest BCUT2D eigenvalue weighted by Gasteiger charge is -2.30. The molecule has 0 saturated heterocycles. The van der Waals surface area contributed by atoms with Gasteiger partial charge in [-0.2, -0.15) is 0 Å². The van der Waals surface area contributed by atoms with Crippen molar-refractivity contribution in [2.45, 2.75) is 39.8 Å². The number of carbonyl (C=O) groups excluding carboxylic acids is 2. The van der Waals surface area contributed by atoms with Gasteiger partial charge in [-0.3, -0.25) is 24.5 Å². The number of aryl methyl sites for hydroxylation is 1. The van der Waals surface area contributed by atoms with Crippen molar-refractivity contribution in [3.8, 4) is 0 Å². The van der Waals surface area contributed by atoms with E-state index in [2.05, 4.69) is 28.7 Å². The molecule has 2 aromatic heterocycles. The molecule has 0 N–H and O–H groups in total. The number of hydrogen-bond donors (Lipinski definition) is 0. The summed E-state index contributed by atoms with van der Waals surface area (Å²) in [4.78, 5) is 41.2.